The van der Waals surface area contributed by atoms with Gasteiger partial charge in [-0.3, -0.25) is 9.78 Å². The summed E-state index contributed by atoms with van der Waals surface area (Å²) in [6.07, 6.45) is 9.61. The Morgan fingerprint density at radius 1 is 1.25 bits per heavy atom. The van der Waals surface area contributed by atoms with E-state index in [1.807, 2.05) is 11.8 Å². The van der Waals surface area contributed by atoms with Crippen LogP contribution >= 0.6 is 11.8 Å². The number of nitrogens with one attached hydrogen (secondary N) is 2. The van der Waals surface area contributed by atoms with Crippen molar-refractivity contribution >= 4 is 23.5 Å². The molecule has 0 radical (unpaired) electrons. The first-order chi connectivity index (χ1) is 9.77. The standard InChI is InChI=1S/C14H24N4OS/c1-3-7-16-13-11-15-10-12(18-13)14(19)17-8-5-4-6-9-20-2/h10-11H,3-9H2,1-2H3,(H,16,18)(H,17,19). The molecule has 1 aromatic rings. The molecule has 1 aromatic heterocycles. The van der Waals surface area contributed by atoms with E-state index in [9.17, 15) is 4.79 Å². The minimum Gasteiger partial charge on any atom is -0.369 e. The fraction of sp³-hybridized carbons (Fsp3) is 0.643. The highest BCUT2D eigenvalue weighted by Crippen LogP contribution is 2.03. The molecule has 6 heteroatoms. The van der Waals surface area contributed by atoms with Crippen LogP contribution < -0.4 is 10.6 Å². The van der Waals surface area contributed by atoms with Crippen molar-refractivity contribution in [1.82, 2.24) is 15.3 Å². The van der Waals surface area contributed by atoms with E-state index in [0.29, 0.717) is 18.1 Å². The van der Waals surface area contributed by atoms with Gasteiger partial charge in [0.05, 0.1) is 12.4 Å². The van der Waals surface area contributed by atoms with Crippen LogP contribution in [0.3, 0.4) is 0 Å². The molecule has 0 saturated carbocycles. The van der Waals surface area contributed by atoms with Crippen LogP contribution in [0.2, 0.25) is 0 Å². The van der Waals surface area contributed by atoms with Crippen molar-refractivity contribution in [3.63, 3.8) is 0 Å². The summed E-state index contributed by atoms with van der Waals surface area (Å²) < 4.78 is 0. The van der Waals surface area contributed by atoms with Gasteiger partial charge >= 0.3 is 0 Å². The number of hydrogen-bond acceptors (Lipinski definition) is 5. The number of hydrogen-bond donors (Lipinski definition) is 2. The minimum atomic E-state index is -0.150. The summed E-state index contributed by atoms with van der Waals surface area (Å²) in [6.45, 7) is 3.60. The van der Waals surface area contributed by atoms with Crippen LogP contribution in [-0.2, 0) is 0 Å². The van der Waals surface area contributed by atoms with E-state index in [1.165, 1.54) is 18.4 Å². The number of carbonyl (C=O) groups is 1. The van der Waals surface area contributed by atoms with Crippen LogP contribution in [0.5, 0.6) is 0 Å². The van der Waals surface area contributed by atoms with Crippen molar-refractivity contribution in [2.45, 2.75) is 32.6 Å². The summed E-state index contributed by atoms with van der Waals surface area (Å²) in [5.41, 5.74) is 0.371. The molecule has 0 fully saturated rings. The molecule has 0 aliphatic carbocycles. The highest BCUT2D eigenvalue weighted by Gasteiger charge is 2.07. The smallest absolute Gasteiger partial charge is 0.271 e. The number of unbranched alkanes of at least 4 members (excludes halogenated alkanes) is 2. The molecule has 1 amide bonds. The van der Waals surface area contributed by atoms with E-state index in [-0.39, 0.29) is 5.91 Å². The Morgan fingerprint density at radius 2 is 2.10 bits per heavy atom. The Balaban J connectivity index is 2.31. The maximum atomic E-state index is 11.9. The highest BCUT2D eigenvalue weighted by atomic mass is 32.2. The first-order valence-corrected chi connectivity index (χ1v) is 8.50. The second-order valence-electron chi connectivity index (χ2n) is 4.53. The normalized spacial score (nSPS) is 10.3. The Hall–Kier alpha value is -1.30. The first-order valence-electron chi connectivity index (χ1n) is 7.11. The number of aromatic nitrogens is 2. The molecule has 1 heterocycles. The lowest BCUT2D eigenvalue weighted by Crippen LogP contribution is -2.25. The summed E-state index contributed by atoms with van der Waals surface area (Å²) in [5.74, 6) is 1.69. The van der Waals surface area contributed by atoms with Crippen molar-refractivity contribution in [1.29, 1.82) is 0 Å². The van der Waals surface area contributed by atoms with Gasteiger partial charge in [-0.25, -0.2) is 4.98 Å². The summed E-state index contributed by atoms with van der Waals surface area (Å²) in [6, 6.07) is 0. The molecule has 0 saturated heterocycles. The third-order valence-corrected chi connectivity index (χ3v) is 3.43. The number of thioether (sulfide) groups is 1. The van der Waals surface area contributed by atoms with Gasteiger partial charge in [0.1, 0.15) is 11.5 Å². The number of carbonyl (C=O) groups excluding carboxylic acids is 1. The van der Waals surface area contributed by atoms with Gasteiger partial charge in [-0.1, -0.05) is 13.3 Å². The van der Waals surface area contributed by atoms with Gasteiger partial charge < -0.3 is 10.6 Å². The Bertz CT molecular complexity index is 401. The molecule has 112 valence electrons. The molecule has 0 aliphatic rings. The van der Waals surface area contributed by atoms with Gasteiger partial charge in [0.15, 0.2) is 0 Å². The Labute approximate surface area is 125 Å². The largest absolute Gasteiger partial charge is 0.369 e. The second-order valence-corrected chi connectivity index (χ2v) is 5.51. The number of nitrogens with zero attached hydrogens (tertiary/aromatic N) is 2. The molecule has 0 atom stereocenters. The van der Waals surface area contributed by atoms with Gasteiger partial charge in [0, 0.05) is 13.1 Å². The molecule has 2 N–H and O–H groups in total. The maximum absolute atomic E-state index is 11.9. The SMILES string of the molecule is CCCNc1cncc(C(=O)NCCCCCSC)n1. The summed E-state index contributed by atoms with van der Waals surface area (Å²) in [5, 5.41) is 6.01. The molecule has 0 bridgehead atoms. The summed E-state index contributed by atoms with van der Waals surface area (Å²) in [7, 11) is 0. The molecule has 5 nitrogen and oxygen atoms in total. The zero-order chi connectivity index (χ0) is 14.6. The lowest BCUT2D eigenvalue weighted by molar-refractivity contribution is 0.0947. The van der Waals surface area contributed by atoms with Crippen molar-refractivity contribution in [2.75, 3.05) is 30.4 Å². The zero-order valence-electron chi connectivity index (χ0n) is 12.3. The first kappa shape index (κ1) is 16.8. The average molecular weight is 296 g/mol. The fourth-order valence-electron chi connectivity index (χ4n) is 1.65. The van der Waals surface area contributed by atoms with Crippen LogP contribution in [-0.4, -0.2) is 41.0 Å². The third kappa shape index (κ3) is 6.75. The average Bonchev–Trinajstić information content (AvgIpc) is 2.48. The van der Waals surface area contributed by atoms with Gasteiger partial charge in [-0.05, 0) is 31.3 Å². The minimum absolute atomic E-state index is 0.150. The second kappa shape index (κ2) is 10.5. The van der Waals surface area contributed by atoms with Crippen molar-refractivity contribution in [2.24, 2.45) is 0 Å². The molecule has 0 aromatic carbocycles. The molecule has 1 rings (SSSR count). The van der Waals surface area contributed by atoms with E-state index in [2.05, 4.69) is 33.8 Å². The van der Waals surface area contributed by atoms with E-state index < -0.39 is 0 Å². The summed E-state index contributed by atoms with van der Waals surface area (Å²) >= 11 is 1.86. The van der Waals surface area contributed by atoms with Crippen molar-refractivity contribution in [3.05, 3.63) is 18.1 Å². The van der Waals surface area contributed by atoms with Crippen LogP contribution in [0.4, 0.5) is 5.82 Å². The molecular formula is C14H24N4OS. The lowest BCUT2D eigenvalue weighted by Gasteiger charge is -2.07. The number of anilines is 1. The van der Waals surface area contributed by atoms with Crippen LogP contribution in [0.25, 0.3) is 0 Å². The molecule has 0 aliphatic heterocycles. The van der Waals surface area contributed by atoms with Gasteiger partial charge in [-0.15, -0.1) is 0 Å². The molecule has 0 unspecified atom stereocenters. The van der Waals surface area contributed by atoms with Crippen LogP contribution in [0.15, 0.2) is 12.4 Å². The quantitative estimate of drug-likeness (QED) is 0.650. The van der Waals surface area contributed by atoms with Crippen molar-refractivity contribution < 1.29 is 4.79 Å². The lowest BCUT2D eigenvalue weighted by atomic mass is 10.2. The fourth-order valence-corrected chi connectivity index (χ4v) is 2.15. The van der Waals surface area contributed by atoms with E-state index in [4.69, 9.17) is 0 Å². The number of amides is 1. The van der Waals surface area contributed by atoms with Crippen molar-refractivity contribution in [3.8, 4) is 0 Å². The van der Waals surface area contributed by atoms with Crippen LogP contribution in [0, 0.1) is 0 Å². The van der Waals surface area contributed by atoms with Gasteiger partial charge in [0.2, 0.25) is 0 Å². The third-order valence-electron chi connectivity index (χ3n) is 2.73. The van der Waals surface area contributed by atoms with E-state index >= 15 is 0 Å². The van der Waals surface area contributed by atoms with E-state index in [0.717, 1.165) is 25.8 Å². The summed E-state index contributed by atoms with van der Waals surface area (Å²) in [4.78, 5) is 20.2. The molecule has 20 heavy (non-hydrogen) atoms. The maximum Gasteiger partial charge on any atom is 0.271 e. The predicted molar refractivity (Wildman–Crippen MR) is 85.4 cm³/mol. The van der Waals surface area contributed by atoms with Crippen LogP contribution in [0.1, 0.15) is 43.1 Å². The topological polar surface area (TPSA) is 66.9 Å². The Kier molecular flexibility index (Phi) is 8.78. The molecule has 0 spiro atoms. The van der Waals surface area contributed by atoms with Gasteiger partial charge in [0.25, 0.3) is 5.91 Å². The van der Waals surface area contributed by atoms with Gasteiger partial charge in [-0.2, -0.15) is 11.8 Å². The predicted octanol–water partition coefficient (Wildman–Crippen LogP) is 2.56. The molecular weight excluding hydrogens is 272 g/mol. The highest BCUT2D eigenvalue weighted by molar-refractivity contribution is 7.98. The Morgan fingerprint density at radius 3 is 2.85 bits per heavy atom. The zero-order valence-corrected chi connectivity index (χ0v) is 13.1. The monoisotopic (exact) mass is 296 g/mol. The van der Waals surface area contributed by atoms with E-state index in [1.54, 1.807) is 6.20 Å². The number of rotatable bonds is 10.